The van der Waals surface area contributed by atoms with Gasteiger partial charge in [-0.2, -0.15) is 0 Å². The monoisotopic (exact) mass is 227 g/mol. The molecule has 0 unspecified atom stereocenters. The summed E-state index contributed by atoms with van der Waals surface area (Å²) in [5, 5.41) is 9.95. The molecule has 2 aromatic rings. The second-order valence-corrected chi connectivity index (χ2v) is 4.81. The Labute approximate surface area is 102 Å². The minimum atomic E-state index is -0.294. The molecule has 1 aromatic heterocycles. The van der Waals surface area contributed by atoms with E-state index in [0.717, 1.165) is 17.0 Å². The Hall–Kier alpha value is -1.83. The topological polar surface area (TPSA) is 33.1 Å². The van der Waals surface area contributed by atoms with Crippen molar-refractivity contribution < 1.29 is 5.11 Å². The van der Waals surface area contributed by atoms with Crippen molar-refractivity contribution in [3.63, 3.8) is 0 Å². The van der Waals surface area contributed by atoms with Crippen LogP contribution in [-0.2, 0) is 5.41 Å². The molecular formula is C15H17NO. The van der Waals surface area contributed by atoms with E-state index in [1.54, 1.807) is 6.07 Å². The van der Waals surface area contributed by atoms with Gasteiger partial charge in [0, 0.05) is 16.7 Å². The number of rotatable bonds is 2. The van der Waals surface area contributed by atoms with Crippen molar-refractivity contribution >= 4 is 0 Å². The summed E-state index contributed by atoms with van der Waals surface area (Å²) in [5.74, 6) is 0.320. The molecule has 0 saturated heterocycles. The molecule has 17 heavy (non-hydrogen) atoms. The van der Waals surface area contributed by atoms with E-state index in [1.165, 1.54) is 0 Å². The first kappa shape index (κ1) is 11.6. The fourth-order valence-corrected chi connectivity index (χ4v) is 2.03. The van der Waals surface area contributed by atoms with Crippen LogP contribution in [0.5, 0.6) is 5.75 Å². The molecule has 0 radical (unpaired) electrons. The molecular weight excluding hydrogens is 210 g/mol. The van der Waals surface area contributed by atoms with Gasteiger partial charge in [-0.15, -0.1) is 0 Å². The lowest BCUT2D eigenvalue weighted by Gasteiger charge is -2.25. The number of aryl methyl sites for hydroxylation is 1. The molecule has 0 saturated carbocycles. The number of hydrogen-bond acceptors (Lipinski definition) is 2. The minimum Gasteiger partial charge on any atom is -0.508 e. The standard InChI is InChI=1S/C15H17NO/c1-11-7-6-10-14(16-11)15(2,3)12-8-4-5-9-13(12)17/h4-10,17H,1-3H3. The minimum absolute atomic E-state index is 0.294. The second kappa shape index (κ2) is 4.21. The predicted octanol–water partition coefficient (Wildman–Crippen LogP) is 3.42. The summed E-state index contributed by atoms with van der Waals surface area (Å²) in [6, 6.07) is 13.4. The molecule has 2 heteroatoms. The van der Waals surface area contributed by atoms with Gasteiger partial charge in [-0.1, -0.05) is 38.1 Å². The van der Waals surface area contributed by atoms with Crippen LogP contribution in [-0.4, -0.2) is 10.1 Å². The average Bonchev–Trinajstić information content (AvgIpc) is 2.29. The highest BCUT2D eigenvalue weighted by Gasteiger charge is 2.27. The Kier molecular flexibility index (Phi) is 2.88. The zero-order valence-electron chi connectivity index (χ0n) is 10.4. The van der Waals surface area contributed by atoms with Crippen molar-refractivity contribution in [3.8, 4) is 5.75 Å². The third-order valence-electron chi connectivity index (χ3n) is 3.11. The number of benzene rings is 1. The lowest BCUT2D eigenvalue weighted by molar-refractivity contribution is 0.451. The zero-order valence-corrected chi connectivity index (χ0v) is 10.4. The Bertz CT molecular complexity index is 532. The SMILES string of the molecule is Cc1cccc(C(C)(C)c2ccccc2O)n1. The van der Waals surface area contributed by atoms with Crippen molar-refractivity contribution in [3.05, 3.63) is 59.4 Å². The molecule has 0 fully saturated rings. The summed E-state index contributed by atoms with van der Waals surface area (Å²) in [5.41, 5.74) is 2.57. The number of phenolic OH excluding ortho intramolecular Hbond substituents is 1. The summed E-state index contributed by atoms with van der Waals surface area (Å²) in [4.78, 5) is 4.55. The van der Waals surface area contributed by atoms with Crippen LogP contribution in [0.25, 0.3) is 0 Å². The maximum atomic E-state index is 9.95. The summed E-state index contributed by atoms with van der Waals surface area (Å²) in [6.45, 7) is 6.12. The fourth-order valence-electron chi connectivity index (χ4n) is 2.03. The molecule has 0 atom stereocenters. The lowest BCUT2D eigenvalue weighted by Crippen LogP contribution is -2.20. The van der Waals surface area contributed by atoms with E-state index in [9.17, 15) is 5.11 Å². The molecule has 1 heterocycles. The molecule has 0 aliphatic rings. The van der Waals surface area contributed by atoms with Gasteiger partial charge in [-0.3, -0.25) is 4.98 Å². The van der Waals surface area contributed by atoms with Gasteiger partial charge in [-0.25, -0.2) is 0 Å². The van der Waals surface area contributed by atoms with E-state index >= 15 is 0 Å². The highest BCUT2D eigenvalue weighted by molar-refractivity contribution is 5.43. The largest absolute Gasteiger partial charge is 0.508 e. The third-order valence-corrected chi connectivity index (χ3v) is 3.11. The van der Waals surface area contributed by atoms with E-state index in [1.807, 2.05) is 43.3 Å². The van der Waals surface area contributed by atoms with E-state index in [-0.39, 0.29) is 5.41 Å². The van der Waals surface area contributed by atoms with E-state index < -0.39 is 0 Å². The molecule has 1 aromatic carbocycles. The number of aromatic hydroxyl groups is 1. The van der Waals surface area contributed by atoms with Gasteiger partial charge >= 0.3 is 0 Å². The zero-order chi connectivity index (χ0) is 12.5. The van der Waals surface area contributed by atoms with Gasteiger partial charge in [0.05, 0.1) is 5.69 Å². The van der Waals surface area contributed by atoms with Crippen molar-refractivity contribution in [2.75, 3.05) is 0 Å². The summed E-state index contributed by atoms with van der Waals surface area (Å²) >= 11 is 0. The number of hydrogen-bond donors (Lipinski definition) is 1. The van der Waals surface area contributed by atoms with Crippen LogP contribution in [0.2, 0.25) is 0 Å². The van der Waals surface area contributed by atoms with Crippen molar-refractivity contribution in [2.24, 2.45) is 0 Å². The first-order valence-electron chi connectivity index (χ1n) is 5.74. The molecule has 0 aliphatic carbocycles. The fraction of sp³-hybridized carbons (Fsp3) is 0.267. The Morgan fingerprint density at radius 1 is 1.00 bits per heavy atom. The van der Waals surface area contributed by atoms with Gasteiger partial charge in [-0.05, 0) is 25.1 Å². The second-order valence-electron chi connectivity index (χ2n) is 4.81. The van der Waals surface area contributed by atoms with Crippen LogP contribution in [0.3, 0.4) is 0 Å². The van der Waals surface area contributed by atoms with Gasteiger partial charge < -0.3 is 5.11 Å². The Morgan fingerprint density at radius 3 is 2.35 bits per heavy atom. The van der Waals surface area contributed by atoms with E-state index in [0.29, 0.717) is 5.75 Å². The number of phenols is 1. The van der Waals surface area contributed by atoms with Crippen LogP contribution in [0.1, 0.15) is 30.8 Å². The predicted molar refractivity (Wildman–Crippen MR) is 69.2 cm³/mol. The Morgan fingerprint density at radius 2 is 1.71 bits per heavy atom. The molecule has 88 valence electrons. The number of nitrogens with zero attached hydrogens (tertiary/aromatic N) is 1. The van der Waals surface area contributed by atoms with Gasteiger partial charge in [0.1, 0.15) is 5.75 Å². The average molecular weight is 227 g/mol. The first-order valence-corrected chi connectivity index (χ1v) is 5.74. The molecule has 0 aliphatic heterocycles. The maximum Gasteiger partial charge on any atom is 0.119 e. The third kappa shape index (κ3) is 2.16. The van der Waals surface area contributed by atoms with Crippen LogP contribution < -0.4 is 0 Å². The Balaban J connectivity index is 2.53. The number of para-hydroxylation sites is 1. The van der Waals surface area contributed by atoms with E-state index in [4.69, 9.17) is 0 Å². The van der Waals surface area contributed by atoms with Gasteiger partial charge in [0.2, 0.25) is 0 Å². The summed E-state index contributed by atoms with van der Waals surface area (Å²) < 4.78 is 0. The lowest BCUT2D eigenvalue weighted by atomic mass is 9.80. The van der Waals surface area contributed by atoms with Crippen LogP contribution >= 0.6 is 0 Å². The van der Waals surface area contributed by atoms with Crippen molar-refractivity contribution in [2.45, 2.75) is 26.2 Å². The summed E-state index contributed by atoms with van der Waals surface area (Å²) in [6.07, 6.45) is 0. The molecule has 0 bridgehead atoms. The molecule has 2 rings (SSSR count). The van der Waals surface area contributed by atoms with Crippen LogP contribution in [0.4, 0.5) is 0 Å². The maximum absolute atomic E-state index is 9.95. The molecule has 2 nitrogen and oxygen atoms in total. The van der Waals surface area contributed by atoms with Crippen LogP contribution in [0.15, 0.2) is 42.5 Å². The molecule has 0 spiro atoms. The summed E-state index contributed by atoms with van der Waals surface area (Å²) in [7, 11) is 0. The highest BCUT2D eigenvalue weighted by Crippen LogP contribution is 2.35. The number of pyridine rings is 1. The van der Waals surface area contributed by atoms with Crippen LogP contribution in [0, 0.1) is 6.92 Å². The highest BCUT2D eigenvalue weighted by atomic mass is 16.3. The molecule has 0 amide bonds. The van der Waals surface area contributed by atoms with Crippen molar-refractivity contribution in [1.29, 1.82) is 0 Å². The first-order chi connectivity index (χ1) is 8.01. The van der Waals surface area contributed by atoms with Gasteiger partial charge in [0.15, 0.2) is 0 Å². The normalized spacial score (nSPS) is 11.5. The smallest absolute Gasteiger partial charge is 0.119 e. The number of aromatic nitrogens is 1. The van der Waals surface area contributed by atoms with E-state index in [2.05, 4.69) is 18.8 Å². The molecule has 1 N–H and O–H groups in total. The quantitative estimate of drug-likeness (QED) is 0.852. The van der Waals surface area contributed by atoms with Gasteiger partial charge in [0.25, 0.3) is 0 Å². The van der Waals surface area contributed by atoms with Crippen molar-refractivity contribution in [1.82, 2.24) is 4.98 Å².